The number of rotatable bonds is 3. The maximum Gasteiger partial charge on any atom is 0.311 e. The highest BCUT2D eigenvalue weighted by molar-refractivity contribution is 5.71. The Hall–Kier alpha value is -3.36. The van der Waals surface area contributed by atoms with E-state index in [2.05, 4.69) is 0 Å². The van der Waals surface area contributed by atoms with Crippen LogP contribution in [0.3, 0.4) is 0 Å². The van der Waals surface area contributed by atoms with E-state index in [1.165, 1.54) is 0 Å². The first-order chi connectivity index (χ1) is 30.2. The number of hydrogen-bond donors (Lipinski definition) is 10. The molecule has 65 heavy (non-hydrogen) atoms. The summed E-state index contributed by atoms with van der Waals surface area (Å²) in [6.07, 6.45) is 10.3. The first-order valence-corrected chi connectivity index (χ1v) is 22.6. The van der Waals surface area contributed by atoms with Gasteiger partial charge in [-0.3, -0.25) is 9.59 Å². The summed E-state index contributed by atoms with van der Waals surface area (Å²) in [6.45, 7) is 9.03. The van der Waals surface area contributed by atoms with Gasteiger partial charge in [-0.25, -0.2) is 0 Å². The summed E-state index contributed by atoms with van der Waals surface area (Å²) < 4.78 is 23.7. The van der Waals surface area contributed by atoms with Crippen LogP contribution in [0.15, 0.2) is 85.1 Å². The van der Waals surface area contributed by atoms with Gasteiger partial charge in [0.15, 0.2) is 12.1 Å². The van der Waals surface area contributed by atoms with Gasteiger partial charge in [0.1, 0.15) is 18.1 Å². The zero-order valence-corrected chi connectivity index (χ0v) is 37.8. The van der Waals surface area contributed by atoms with Crippen molar-refractivity contribution in [1.82, 2.24) is 0 Å². The third-order valence-corrected chi connectivity index (χ3v) is 12.5. The molecule has 0 aliphatic carbocycles. The Balaban J connectivity index is 0.0000145. The van der Waals surface area contributed by atoms with E-state index >= 15 is 0 Å². The van der Waals surface area contributed by atoms with Crippen molar-refractivity contribution in [3.8, 4) is 0 Å². The van der Waals surface area contributed by atoms with Crippen molar-refractivity contribution in [2.24, 2.45) is 29.4 Å². The lowest BCUT2D eigenvalue weighted by molar-refractivity contribution is -0.307. The van der Waals surface area contributed by atoms with Gasteiger partial charge in [-0.15, -0.1) is 0 Å². The van der Waals surface area contributed by atoms with E-state index in [9.17, 15) is 55.5 Å². The van der Waals surface area contributed by atoms with Gasteiger partial charge < -0.3 is 70.6 Å². The molecule has 3 heterocycles. The van der Waals surface area contributed by atoms with Gasteiger partial charge in [0.25, 0.3) is 0 Å². The summed E-state index contributed by atoms with van der Waals surface area (Å²) in [6, 6.07) is -0.693. The average molecular weight is 922 g/mol. The van der Waals surface area contributed by atoms with Crippen LogP contribution in [0.4, 0.5) is 0 Å². The second-order valence-corrected chi connectivity index (χ2v) is 17.7. The largest absolute Gasteiger partial charge is 0.481 e. The van der Waals surface area contributed by atoms with Crippen LogP contribution in [0, 0.1) is 23.7 Å². The molecular weight excluding hydrogens is 843 g/mol. The van der Waals surface area contributed by atoms with Crippen LogP contribution in [0.5, 0.6) is 0 Å². The highest BCUT2D eigenvalue weighted by Gasteiger charge is 2.51. The van der Waals surface area contributed by atoms with Crippen molar-refractivity contribution in [2.75, 3.05) is 0 Å². The van der Waals surface area contributed by atoms with Crippen LogP contribution >= 0.6 is 0 Å². The van der Waals surface area contributed by atoms with Crippen LogP contribution in [-0.2, 0) is 28.5 Å². The molecule has 3 aliphatic heterocycles. The Kier molecular flexibility index (Phi) is 25.5. The number of aliphatic hydroxyl groups is 8. The Morgan fingerprint density at radius 3 is 1.85 bits per heavy atom. The molecule has 3 aliphatic rings. The Bertz CT molecular complexity index is 1630. The van der Waals surface area contributed by atoms with E-state index in [-0.39, 0.29) is 57.3 Å². The van der Waals surface area contributed by atoms with E-state index < -0.39 is 122 Å². The summed E-state index contributed by atoms with van der Waals surface area (Å²) in [4.78, 5) is 25.1. The third-order valence-electron chi connectivity index (χ3n) is 12.5. The summed E-state index contributed by atoms with van der Waals surface area (Å²) in [5, 5.41) is 97.6. The highest BCUT2D eigenvalue weighted by atomic mass is 16.7. The Morgan fingerprint density at radius 1 is 0.692 bits per heavy atom. The molecule has 0 aromatic carbocycles. The second-order valence-electron chi connectivity index (χ2n) is 17.7. The average Bonchev–Trinajstić information content (AvgIpc) is 3.22. The minimum Gasteiger partial charge on any atom is -0.481 e. The van der Waals surface area contributed by atoms with Crippen LogP contribution in [0.1, 0.15) is 99.8 Å². The Morgan fingerprint density at radius 2 is 1.26 bits per heavy atom. The first-order valence-electron chi connectivity index (χ1n) is 22.6. The summed E-state index contributed by atoms with van der Waals surface area (Å²) in [5.74, 6) is -6.43. The number of carbonyl (C=O) groups is 2. The molecule has 370 valence electrons. The molecule has 0 saturated carbocycles. The lowest BCUT2D eigenvalue weighted by atomic mass is 9.82. The maximum atomic E-state index is 12.6. The van der Waals surface area contributed by atoms with Crippen molar-refractivity contribution in [1.29, 1.82) is 0 Å². The molecule has 11 N–H and O–H groups in total. The molecule has 0 radical (unpaired) electrons. The lowest BCUT2D eigenvalue weighted by Gasteiger charge is -2.45. The third kappa shape index (κ3) is 19.4. The van der Waals surface area contributed by atoms with Gasteiger partial charge in [0.05, 0.1) is 54.9 Å². The maximum absolute atomic E-state index is 12.6. The number of cyclic esters (lactones) is 1. The molecule has 3 rings (SSSR count). The SMILES string of the molecule is C.CC1OC(O[C@H]2/C=C/C=C/C=C/C=C/C=C/C=C/C=C/[C@H](C)[C@@H](O)[C@@H](C)[C@H](C)OC(=O)CCC[C@H](O)CC[C@@H](O)[C@H](O)C[C@H](O)C[C@]3(O)C[C@H](O)[C@@H](C(=O)O)[C@H](C2)O3)C(O)C(N)C1C. The van der Waals surface area contributed by atoms with Gasteiger partial charge in [0.2, 0.25) is 0 Å². The minimum absolute atomic E-state index is 0. The minimum atomic E-state index is -2.26. The molecular formula is C49H79NO15. The number of carbonyl (C=O) groups excluding carboxylic acids is 1. The zero-order valence-electron chi connectivity index (χ0n) is 37.8. The lowest BCUT2D eigenvalue weighted by Crippen LogP contribution is -2.58. The molecule has 0 amide bonds. The van der Waals surface area contributed by atoms with Crippen molar-refractivity contribution in [3.63, 3.8) is 0 Å². The number of aliphatic hydroxyl groups excluding tert-OH is 7. The number of allylic oxidation sites excluding steroid dienone is 12. The van der Waals surface area contributed by atoms with E-state index in [1.807, 2.05) is 69.4 Å². The normalized spacial score (nSPS) is 44.2. The standard InChI is InChI=1S/C48H75NO15.CH4/c1-29-19-16-14-12-10-8-6-7-9-11-13-15-17-21-36(63-47-45(57)43(49)30(2)32(4)62-47)26-40-42(46(58)59)39(54)28-48(60,64-40)27-35(51)25-38(53)37(52)24-23-34(50)20-18-22-41(55)61-33(5)31(3)44(29)56;/h6-17,19,21,29-40,42-45,47,50-54,56-57,60H,18,20,22-28,49H2,1-5H3,(H,58,59);1H4/b7-6+,10-8+,11-9+,14-12+,15-13+,19-16+,21-17+;/t29-,30?,31-,32?,33-,34-,35-,36-,37+,38+,39-,40-,42+,43?,44+,45?,47?,48+;/m0./s1. The van der Waals surface area contributed by atoms with Crippen LogP contribution in [0.25, 0.3) is 0 Å². The number of ether oxygens (including phenoxy) is 4. The molecule has 0 aromatic rings. The second kappa shape index (κ2) is 28.7. The van der Waals surface area contributed by atoms with Gasteiger partial charge in [-0.05, 0) is 45.4 Å². The molecule has 18 atom stereocenters. The smallest absolute Gasteiger partial charge is 0.311 e. The topological polar surface area (TPSA) is 279 Å². The summed E-state index contributed by atoms with van der Waals surface area (Å²) in [5.41, 5.74) is 6.27. The zero-order chi connectivity index (χ0) is 47.6. The first kappa shape index (κ1) is 57.8. The van der Waals surface area contributed by atoms with Crippen LogP contribution in [-0.4, -0.2) is 143 Å². The van der Waals surface area contributed by atoms with Gasteiger partial charge in [-0.1, -0.05) is 113 Å². The number of carboxylic acids is 1. The number of fused-ring (bicyclic) bond motifs is 2. The van der Waals surface area contributed by atoms with E-state index in [4.69, 9.17) is 24.7 Å². The molecule has 2 bridgehead atoms. The van der Waals surface area contributed by atoms with Crippen molar-refractivity contribution in [2.45, 2.75) is 185 Å². The number of nitrogens with two attached hydrogens (primary N) is 1. The molecule has 0 spiro atoms. The molecule has 2 saturated heterocycles. The number of hydrogen-bond acceptors (Lipinski definition) is 15. The van der Waals surface area contributed by atoms with Crippen molar-refractivity contribution >= 4 is 11.9 Å². The van der Waals surface area contributed by atoms with E-state index in [0.29, 0.717) is 6.42 Å². The fourth-order valence-corrected chi connectivity index (χ4v) is 8.05. The molecule has 16 heteroatoms. The van der Waals surface area contributed by atoms with E-state index in [1.54, 1.807) is 50.3 Å². The number of carboxylic acid groups (broad SMARTS) is 1. The molecule has 2 fully saturated rings. The Labute approximate surface area is 385 Å². The number of aliphatic carboxylic acids is 1. The van der Waals surface area contributed by atoms with Gasteiger partial charge in [-0.2, -0.15) is 0 Å². The van der Waals surface area contributed by atoms with Gasteiger partial charge in [0, 0.05) is 50.0 Å². The predicted molar refractivity (Wildman–Crippen MR) is 245 cm³/mol. The summed E-state index contributed by atoms with van der Waals surface area (Å²) in [7, 11) is 0. The van der Waals surface area contributed by atoms with Crippen molar-refractivity contribution < 1.29 is 74.5 Å². The monoisotopic (exact) mass is 922 g/mol. The summed E-state index contributed by atoms with van der Waals surface area (Å²) >= 11 is 0. The predicted octanol–water partition coefficient (Wildman–Crippen LogP) is 3.65. The molecule has 0 aromatic heterocycles. The van der Waals surface area contributed by atoms with Gasteiger partial charge >= 0.3 is 11.9 Å². The number of esters is 1. The van der Waals surface area contributed by atoms with Crippen LogP contribution in [0.2, 0.25) is 0 Å². The fourth-order valence-electron chi connectivity index (χ4n) is 8.05. The fraction of sp³-hybridized carbons (Fsp3) is 0.673. The molecule has 16 nitrogen and oxygen atoms in total. The quantitative estimate of drug-likeness (QED) is 0.181. The van der Waals surface area contributed by atoms with E-state index in [0.717, 1.165) is 0 Å². The molecule has 5 unspecified atom stereocenters. The highest BCUT2D eigenvalue weighted by Crippen LogP contribution is 2.38. The van der Waals surface area contributed by atoms with Crippen molar-refractivity contribution in [3.05, 3.63) is 85.1 Å². The van der Waals surface area contributed by atoms with Crippen LogP contribution < -0.4 is 5.73 Å².